The number of anilines is 2. The van der Waals surface area contributed by atoms with Gasteiger partial charge < -0.3 is 10.2 Å². The van der Waals surface area contributed by atoms with E-state index in [1.807, 2.05) is 54.3 Å². The molecule has 0 aromatic heterocycles. The van der Waals surface area contributed by atoms with Crippen LogP contribution in [0.4, 0.5) is 11.4 Å². The molecular weight excluding hydrogens is 360 g/mol. The number of halogens is 1. The first kappa shape index (κ1) is 19.4. The van der Waals surface area contributed by atoms with E-state index in [1.165, 1.54) is 0 Å². The van der Waals surface area contributed by atoms with Crippen LogP contribution >= 0.6 is 11.6 Å². The first-order chi connectivity index (χ1) is 13.1. The van der Waals surface area contributed by atoms with Crippen molar-refractivity contribution in [3.8, 4) is 0 Å². The molecule has 0 saturated heterocycles. The van der Waals surface area contributed by atoms with Crippen LogP contribution in [0.1, 0.15) is 32.6 Å². The smallest absolute Gasteiger partial charge is 0.230 e. The van der Waals surface area contributed by atoms with Crippen molar-refractivity contribution in [2.75, 3.05) is 16.8 Å². The van der Waals surface area contributed by atoms with Crippen LogP contribution < -0.4 is 10.2 Å². The molecule has 142 valence electrons. The van der Waals surface area contributed by atoms with Gasteiger partial charge in [-0.05, 0) is 62.9 Å². The van der Waals surface area contributed by atoms with Gasteiger partial charge in [-0.15, -0.1) is 0 Å². The normalized spacial score (nSPS) is 19.3. The number of carbonyl (C=O) groups excluding carboxylic acids is 2. The maximum absolute atomic E-state index is 12.9. The Hall–Kier alpha value is -2.33. The van der Waals surface area contributed by atoms with Crippen molar-refractivity contribution in [3.63, 3.8) is 0 Å². The first-order valence-corrected chi connectivity index (χ1v) is 9.89. The van der Waals surface area contributed by atoms with Gasteiger partial charge in [-0.25, -0.2) is 0 Å². The molecule has 1 fully saturated rings. The molecule has 0 heterocycles. The molecule has 1 saturated carbocycles. The zero-order chi connectivity index (χ0) is 19.2. The van der Waals surface area contributed by atoms with Gasteiger partial charge in [-0.2, -0.15) is 0 Å². The highest BCUT2D eigenvalue weighted by molar-refractivity contribution is 6.30. The molecule has 2 aromatic carbocycles. The van der Waals surface area contributed by atoms with Crippen molar-refractivity contribution in [3.05, 3.63) is 59.6 Å². The van der Waals surface area contributed by atoms with E-state index >= 15 is 0 Å². The largest absolute Gasteiger partial charge is 0.326 e. The zero-order valence-corrected chi connectivity index (χ0v) is 16.3. The summed E-state index contributed by atoms with van der Waals surface area (Å²) in [6.07, 6.45) is 2.95. The molecule has 1 aliphatic carbocycles. The second-order valence-corrected chi connectivity index (χ2v) is 7.40. The van der Waals surface area contributed by atoms with Gasteiger partial charge in [0.2, 0.25) is 11.8 Å². The number of nitrogens with zero attached hydrogens (tertiary/aromatic N) is 1. The number of carbonyl (C=O) groups is 2. The van der Waals surface area contributed by atoms with Gasteiger partial charge in [0, 0.05) is 34.8 Å². The summed E-state index contributed by atoms with van der Waals surface area (Å²) in [7, 11) is 0. The Labute approximate surface area is 165 Å². The van der Waals surface area contributed by atoms with Gasteiger partial charge in [0.05, 0.1) is 0 Å². The Morgan fingerprint density at radius 2 is 1.67 bits per heavy atom. The Kier molecular flexibility index (Phi) is 6.51. The highest BCUT2D eigenvalue weighted by Gasteiger charge is 2.32. The summed E-state index contributed by atoms with van der Waals surface area (Å²) in [5.74, 6) is 0.108. The van der Waals surface area contributed by atoms with Crippen LogP contribution in [0.15, 0.2) is 54.6 Å². The van der Waals surface area contributed by atoms with Crippen LogP contribution in [0.5, 0.6) is 0 Å². The quantitative estimate of drug-likeness (QED) is 0.776. The van der Waals surface area contributed by atoms with Gasteiger partial charge in [-0.3, -0.25) is 9.59 Å². The minimum absolute atomic E-state index is 0.0126. The summed E-state index contributed by atoms with van der Waals surface area (Å²) in [5, 5.41) is 3.54. The van der Waals surface area contributed by atoms with Gasteiger partial charge in [0.15, 0.2) is 0 Å². The van der Waals surface area contributed by atoms with Crippen LogP contribution in [0, 0.1) is 11.8 Å². The fourth-order valence-corrected chi connectivity index (χ4v) is 3.90. The van der Waals surface area contributed by atoms with E-state index in [0.717, 1.165) is 31.4 Å². The lowest BCUT2D eigenvalue weighted by Gasteiger charge is -2.31. The minimum atomic E-state index is -0.0557. The third-order valence-electron chi connectivity index (χ3n) is 5.19. The van der Waals surface area contributed by atoms with Crippen LogP contribution in [-0.2, 0) is 9.59 Å². The molecule has 0 aliphatic heterocycles. The summed E-state index contributed by atoms with van der Waals surface area (Å²) < 4.78 is 0. The van der Waals surface area contributed by atoms with Crippen LogP contribution in [0.3, 0.4) is 0 Å². The molecule has 5 heteroatoms. The number of benzene rings is 2. The Morgan fingerprint density at radius 3 is 2.30 bits per heavy atom. The van der Waals surface area contributed by atoms with Crippen molar-refractivity contribution in [2.45, 2.75) is 32.6 Å². The van der Waals surface area contributed by atoms with Crippen molar-refractivity contribution in [1.29, 1.82) is 0 Å². The molecule has 3 rings (SSSR count). The van der Waals surface area contributed by atoms with E-state index in [-0.39, 0.29) is 23.7 Å². The number of para-hydroxylation sites is 1. The van der Waals surface area contributed by atoms with E-state index in [9.17, 15) is 9.59 Å². The lowest BCUT2D eigenvalue weighted by Crippen LogP contribution is -2.39. The number of hydrogen-bond donors (Lipinski definition) is 1. The number of hydrogen-bond acceptors (Lipinski definition) is 2. The molecule has 1 N–H and O–H groups in total. The van der Waals surface area contributed by atoms with Crippen LogP contribution in [0.2, 0.25) is 5.02 Å². The highest BCUT2D eigenvalue weighted by atomic mass is 35.5. The van der Waals surface area contributed by atoms with E-state index < -0.39 is 0 Å². The number of nitrogens with one attached hydrogen (secondary N) is 1. The molecule has 0 atom stereocenters. The Morgan fingerprint density at radius 1 is 1.00 bits per heavy atom. The van der Waals surface area contributed by atoms with Crippen molar-refractivity contribution < 1.29 is 9.59 Å². The van der Waals surface area contributed by atoms with Gasteiger partial charge in [0.1, 0.15) is 0 Å². The Balaban J connectivity index is 1.56. The maximum atomic E-state index is 12.9. The third kappa shape index (κ3) is 4.89. The monoisotopic (exact) mass is 384 g/mol. The molecule has 0 bridgehead atoms. The van der Waals surface area contributed by atoms with E-state index in [4.69, 9.17) is 11.6 Å². The van der Waals surface area contributed by atoms with E-state index in [0.29, 0.717) is 17.3 Å². The van der Waals surface area contributed by atoms with Crippen molar-refractivity contribution in [2.24, 2.45) is 11.8 Å². The van der Waals surface area contributed by atoms with Crippen molar-refractivity contribution >= 4 is 34.8 Å². The summed E-state index contributed by atoms with van der Waals surface area (Å²) in [6, 6.07) is 16.9. The molecule has 2 amide bonds. The molecule has 2 aromatic rings. The molecule has 0 radical (unpaired) electrons. The standard InChI is InChI=1S/C22H25ClN2O2/c1-2-25(20-9-4-3-5-10-20)22(27)17-13-11-16(12-14-17)21(26)24-19-8-6-7-18(23)15-19/h3-10,15-17H,2,11-14H2,1H3,(H,24,26). The number of rotatable bonds is 5. The predicted octanol–water partition coefficient (Wildman–Crippen LogP) is 5.14. The molecule has 1 aliphatic rings. The van der Waals surface area contributed by atoms with Crippen LogP contribution in [-0.4, -0.2) is 18.4 Å². The summed E-state index contributed by atoms with van der Waals surface area (Å²) in [6.45, 7) is 2.65. The van der Waals surface area contributed by atoms with E-state index in [1.54, 1.807) is 12.1 Å². The third-order valence-corrected chi connectivity index (χ3v) is 5.42. The average molecular weight is 385 g/mol. The summed E-state index contributed by atoms with van der Waals surface area (Å²) in [4.78, 5) is 27.3. The lowest BCUT2D eigenvalue weighted by atomic mass is 9.80. The predicted molar refractivity (Wildman–Crippen MR) is 110 cm³/mol. The Bertz CT molecular complexity index is 786. The van der Waals surface area contributed by atoms with Gasteiger partial charge in [0.25, 0.3) is 0 Å². The number of amides is 2. The lowest BCUT2D eigenvalue weighted by molar-refractivity contribution is -0.126. The SMILES string of the molecule is CCN(C(=O)C1CCC(C(=O)Nc2cccc(Cl)c2)CC1)c1ccccc1. The fraction of sp³-hybridized carbons (Fsp3) is 0.364. The molecule has 0 unspecified atom stereocenters. The molecular formula is C22H25ClN2O2. The van der Waals surface area contributed by atoms with E-state index in [2.05, 4.69) is 5.32 Å². The first-order valence-electron chi connectivity index (χ1n) is 9.51. The second kappa shape index (κ2) is 9.05. The molecule has 4 nitrogen and oxygen atoms in total. The van der Waals surface area contributed by atoms with Gasteiger partial charge in [-0.1, -0.05) is 35.9 Å². The summed E-state index contributed by atoms with van der Waals surface area (Å²) in [5.41, 5.74) is 1.65. The minimum Gasteiger partial charge on any atom is -0.326 e. The second-order valence-electron chi connectivity index (χ2n) is 6.97. The fourth-order valence-electron chi connectivity index (χ4n) is 3.71. The highest BCUT2D eigenvalue weighted by Crippen LogP contribution is 2.32. The zero-order valence-electron chi connectivity index (χ0n) is 15.5. The average Bonchev–Trinajstić information content (AvgIpc) is 2.69. The molecule has 0 spiro atoms. The summed E-state index contributed by atoms with van der Waals surface area (Å²) >= 11 is 5.97. The van der Waals surface area contributed by atoms with Crippen molar-refractivity contribution in [1.82, 2.24) is 0 Å². The van der Waals surface area contributed by atoms with Gasteiger partial charge >= 0.3 is 0 Å². The molecule has 27 heavy (non-hydrogen) atoms. The van der Waals surface area contributed by atoms with Crippen LogP contribution in [0.25, 0.3) is 0 Å². The maximum Gasteiger partial charge on any atom is 0.230 e. The topological polar surface area (TPSA) is 49.4 Å².